The van der Waals surface area contributed by atoms with E-state index in [2.05, 4.69) is 15.9 Å². The zero-order chi connectivity index (χ0) is 13.3. The number of aryl methyl sites for hydroxylation is 1. The summed E-state index contributed by atoms with van der Waals surface area (Å²) in [6.45, 7) is 1.97. The van der Waals surface area contributed by atoms with Crippen LogP contribution in [0.25, 0.3) is 0 Å². The molecule has 0 aliphatic carbocycles. The fraction of sp³-hybridized carbons (Fsp3) is 0.154. The topological polar surface area (TPSA) is 52.3 Å². The molecule has 1 aromatic heterocycles. The summed E-state index contributed by atoms with van der Waals surface area (Å²) in [4.78, 5) is 14.1. The number of ether oxygens (including phenoxy) is 1. The van der Waals surface area contributed by atoms with E-state index in [0.717, 1.165) is 9.35 Å². The molecule has 0 aliphatic heterocycles. The Labute approximate surface area is 118 Å². The van der Waals surface area contributed by atoms with E-state index in [4.69, 9.17) is 10.5 Å². The van der Waals surface area contributed by atoms with E-state index in [1.807, 2.05) is 13.0 Å². The molecular weight excluding hydrogens is 314 g/mol. The first-order valence-electron chi connectivity index (χ1n) is 5.27. The molecular formula is C13H12BrNO2S. The van der Waals surface area contributed by atoms with Gasteiger partial charge in [0.15, 0.2) is 0 Å². The van der Waals surface area contributed by atoms with Gasteiger partial charge in [0.1, 0.15) is 5.75 Å². The van der Waals surface area contributed by atoms with Crippen molar-refractivity contribution in [2.45, 2.75) is 6.92 Å². The van der Waals surface area contributed by atoms with Crippen LogP contribution >= 0.6 is 27.3 Å². The maximum absolute atomic E-state index is 12.3. The molecule has 0 aliphatic rings. The van der Waals surface area contributed by atoms with Crippen LogP contribution in [0.1, 0.15) is 20.1 Å². The van der Waals surface area contributed by atoms with Crippen molar-refractivity contribution < 1.29 is 9.53 Å². The van der Waals surface area contributed by atoms with Gasteiger partial charge in [-0.3, -0.25) is 4.79 Å². The Balaban J connectivity index is 2.43. The minimum absolute atomic E-state index is 0.0294. The minimum Gasteiger partial charge on any atom is -0.495 e. The van der Waals surface area contributed by atoms with E-state index in [1.54, 1.807) is 18.2 Å². The highest BCUT2D eigenvalue weighted by Crippen LogP contribution is 2.31. The van der Waals surface area contributed by atoms with Gasteiger partial charge in [0.2, 0.25) is 5.78 Å². The number of ketones is 1. The molecule has 0 unspecified atom stereocenters. The fourth-order valence-electron chi connectivity index (χ4n) is 1.62. The van der Waals surface area contributed by atoms with Gasteiger partial charge in [0.05, 0.1) is 17.7 Å². The SMILES string of the molecule is COc1cc(C(=O)c2sc(C)cc2Br)ccc1N. The molecule has 0 spiro atoms. The fourth-order valence-corrected chi connectivity index (χ4v) is 3.40. The summed E-state index contributed by atoms with van der Waals surface area (Å²) in [6.07, 6.45) is 0. The van der Waals surface area contributed by atoms with Crippen LogP contribution in [-0.4, -0.2) is 12.9 Å². The highest BCUT2D eigenvalue weighted by molar-refractivity contribution is 9.10. The average Bonchev–Trinajstić information content (AvgIpc) is 2.68. The van der Waals surface area contributed by atoms with Gasteiger partial charge in [0.25, 0.3) is 0 Å². The third-order valence-electron chi connectivity index (χ3n) is 2.51. The van der Waals surface area contributed by atoms with E-state index in [0.29, 0.717) is 21.9 Å². The molecule has 0 amide bonds. The number of benzene rings is 1. The van der Waals surface area contributed by atoms with Crippen molar-refractivity contribution >= 4 is 38.7 Å². The predicted octanol–water partition coefficient (Wildman–Crippen LogP) is 3.64. The molecule has 94 valence electrons. The van der Waals surface area contributed by atoms with Crippen LogP contribution in [0.5, 0.6) is 5.75 Å². The van der Waals surface area contributed by atoms with E-state index in [1.165, 1.54) is 18.4 Å². The number of rotatable bonds is 3. The van der Waals surface area contributed by atoms with Gasteiger partial charge in [-0.2, -0.15) is 0 Å². The number of thiophene rings is 1. The highest BCUT2D eigenvalue weighted by Gasteiger charge is 2.16. The average molecular weight is 326 g/mol. The van der Waals surface area contributed by atoms with Crippen molar-refractivity contribution in [2.75, 3.05) is 12.8 Å². The molecule has 2 aromatic rings. The smallest absolute Gasteiger partial charge is 0.204 e. The van der Waals surface area contributed by atoms with Crippen LogP contribution < -0.4 is 10.5 Å². The van der Waals surface area contributed by atoms with Crippen molar-refractivity contribution in [1.82, 2.24) is 0 Å². The number of nitrogens with two attached hydrogens (primary N) is 1. The number of hydrogen-bond acceptors (Lipinski definition) is 4. The summed E-state index contributed by atoms with van der Waals surface area (Å²) in [5.74, 6) is 0.489. The van der Waals surface area contributed by atoms with Gasteiger partial charge < -0.3 is 10.5 Å². The first-order chi connectivity index (χ1) is 8.52. The molecule has 18 heavy (non-hydrogen) atoms. The third kappa shape index (κ3) is 2.42. The van der Waals surface area contributed by atoms with Crippen LogP contribution in [0, 0.1) is 6.92 Å². The number of methoxy groups -OCH3 is 1. The number of carbonyl (C=O) groups excluding carboxylic acids is 1. The van der Waals surface area contributed by atoms with Crippen LogP contribution in [0.4, 0.5) is 5.69 Å². The van der Waals surface area contributed by atoms with Gasteiger partial charge >= 0.3 is 0 Å². The first-order valence-corrected chi connectivity index (χ1v) is 6.88. The molecule has 0 atom stereocenters. The Morgan fingerprint density at radius 2 is 2.11 bits per heavy atom. The lowest BCUT2D eigenvalue weighted by Gasteiger charge is -2.06. The van der Waals surface area contributed by atoms with Crippen molar-refractivity contribution in [2.24, 2.45) is 0 Å². The zero-order valence-corrected chi connectivity index (χ0v) is 12.4. The van der Waals surface area contributed by atoms with Crippen molar-refractivity contribution in [3.8, 4) is 5.75 Å². The van der Waals surface area contributed by atoms with Crippen LogP contribution in [0.2, 0.25) is 0 Å². The van der Waals surface area contributed by atoms with E-state index >= 15 is 0 Å². The summed E-state index contributed by atoms with van der Waals surface area (Å²) < 4.78 is 5.95. The molecule has 1 aromatic carbocycles. The highest BCUT2D eigenvalue weighted by atomic mass is 79.9. The molecule has 5 heteroatoms. The van der Waals surface area contributed by atoms with Gasteiger partial charge in [-0.15, -0.1) is 11.3 Å². The lowest BCUT2D eigenvalue weighted by atomic mass is 10.1. The predicted molar refractivity (Wildman–Crippen MR) is 77.6 cm³/mol. The number of halogens is 1. The van der Waals surface area contributed by atoms with Crippen LogP contribution in [0.15, 0.2) is 28.7 Å². The summed E-state index contributed by atoms with van der Waals surface area (Å²) in [5.41, 5.74) is 6.83. The number of hydrogen-bond donors (Lipinski definition) is 1. The van der Waals surface area contributed by atoms with Crippen molar-refractivity contribution in [1.29, 1.82) is 0 Å². The number of nitrogen functional groups attached to an aromatic ring is 1. The lowest BCUT2D eigenvalue weighted by molar-refractivity contribution is 0.104. The zero-order valence-electron chi connectivity index (χ0n) is 9.99. The molecule has 0 fully saturated rings. The van der Waals surface area contributed by atoms with Crippen LogP contribution in [-0.2, 0) is 0 Å². The molecule has 0 radical (unpaired) electrons. The van der Waals surface area contributed by atoms with Gasteiger partial charge in [-0.25, -0.2) is 0 Å². The van der Waals surface area contributed by atoms with Gasteiger partial charge in [0, 0.05) is 14.9 Å². The summed E-state index contributed by atoms with van der Waals surface area (Å²) in [7, 11) is 1.53. The molecule has 0 bridgehead atoms. The summed E-state index contributed by atoms with van der Waals surface area (Å²) >= 11 is 4.87. The Bertz CT molecular complexity index is 607. The number of anilines is 1. The second-order valence-electron chi connectivity index (χ2n) is 3.82. The van der Waals surface area contributed by atoms with Crippen molar-refractivity contribution in [3.63, 3.8) is 0 Å². The molecule has 2 rings (SSSR count). The Kier molecular flexibility index (Phi) is 3.73. The molecule has 0 saturated carbocycles. The summed E-state index contributed by atoms with van der Waals surface area (Å²) in [6, 6.07) is 6.99. The lowest BCUT2D eigenvalue weighted by Crippen LogP contribution is -2.01. The largest absolute Gasteiger partial charge is 0.495 e. The van der Waals surface area contributed by atoms with E-state index < -0.39 is 0 Å². The quantitative estimate of drug-likeness (QED) is 0.692. The van der Waals surface area contributed by atoms with E-state index in [9.17, 15) is 4.79 Å². The van der Waals surface area contributed by atoms with Crippen molar-refractivity contribution in [3.05, 3.63) is 44.1 Å². The standard InChI is InChI=1S/C13H12BrNO2S/c1-7-5-9(14)13(18-7)12(16)8-3-4-10(15)11(6-8)17-2/h3-6H,15H2,1-2H3. The Morgan fingerprint density at radius 3 is 2.67 bits per heavy atom. The first kappa shape index (κ1) is 13.1. The second-order valence-corrected chi connectivity index (χ2v) is 5.93. The molecule has 3 nitrogen and oxygen atoms in total. The van der Waals surface area contributed by atoms with Gasteiger partial charge in [-0.1, -0.05) is 0 Å². The summed E-state index contributed by atoms with van der Waals surface area (Å²) in [5, 5.41) is 0. The Hall–Kier alpha value is -1.33. The maximum Gasteiger partial charge on any atom is 0.204 e. The third-order valence-corrected chi connectivity index (χ3v) is 4.45. The van der Waals surface area contributed by atoms with E-state index in [-0.39, 0.29) is 5.78 Å². The van der Waals surface area contributed by atoms with Crippen LogP contribution in [0.3, 0.4) is 0 Å². The monoisotopic (exact) mass is 325 g/mol. The number of carbonyl (C=O) groups is 1. The minimum atomic E-state index is -0.0294. The normalized spacial score (nSPS) is 10.4. The molecule has 1 heterocycles. The Morgan fingerprint density at radius 1 is 1.39 bits per heavy atom. The maximum atomic E-state index is 12.3. The second kappa shape index (κ2) is 5.12. The molecule has 2 N–H and O–H groups in total. The molecule has 0 saturated heterocycles. The van der Waals surface area contributed by atoms with Gasteiger partial charge in [-0.05, 0) is 47.1 Å².